The average molecular weight is 326 g/mol. The van der Waals surface area contributed by atoms with Crippen LogP contribution in [0.5, 0.6) is 0 Å². The third-order valence-corrected chi connectivity index (χ3v) is 4.29. The third kappa shape index (κ3) is 3.15. The fraction of sp³-hybridized carbons (Fsp3) is 0.263. The summed E-state index contributed by atoms with van der Waals surface area (Å²) >= 11 is 0. The number of aryl methyl sites for hydroxylation is 2. The number of halogens is 1. The molecule has 1 aliphatic heterocycles. The minimum atomic E-state index is -0.489. The zero-order valence-corrected chi connectivity index (χ0v) is 13.7. The topological polar surface area (TPSA) is 49.4 Å². The van der Waals surface area contributed by atoms with Crippen LogP contribution in [0.1, 0.15) is 17.5 Å². The first-order valence-corrected chi connectivity index (χ1v) is 7.88. The van der Waals surface area contributed by atoms with Gasteiger partial charge in [0.25, 0.3) is 0 Å². The highest BCUT2D eigenvalue weighted by molar-refractivity contribution is 6.03. The normalized spacial score (nSPS) is 17.2. The fourth-order valence-electron chi connectivity index (χ4n) is 2.89. The highest BCUT2D eigenvalue weighted by Crippen LogP contribution is 2.28. The Morgan fingerprint density at radius 3 is 2.71 bits per heavy atom. The molecular weight excluding hydrogens is 307 g/mol. The van der Waals surface area contributed by atoms with Crippen molar-refractivity contribution in [1.29, 1.82) is 0 Å². The molecular formula is C19H19FN2O2. The summed E-state index contributed by atoms with van der Waals surface area (Å²) in [6.45, 7) is 4.06. The Kier molecular flexibility index (Phi) is 4.34. The lowest BCUT2D eigenvalue weighted by molar-refractivity contribution is -0.122. The number of nitrogens with zero attached hydrogens (tertiary/aromatic N) is 1. The number of para-hydroxylation sites is 1. The van der Waals surface area contributed by atoms with Gasteiger partial charge in [-0.05, 0) is 43.2 Å². The molecule has 3 rings (SSSR count). The molecule has 0 aliphatic carbocycles. The molecule has 1 fully saturated rings. The number of rotatable bonds is 3. The number of amides is 2. The van der Waals surface area contributed by atoms with Crippen molar-refractivity contribution in [2.24, 2.45) is 5.92 Å². The molecule has 24 heavy (non-hydrogen) atoms. The molecule has 1 heterocycles. The van der Waals surface area contributed by atoms with Crippen molar-refractivity contribution in [2.75, 3.05) is 16.8 Å². The van der Waals surface area contributed by atoms with E-state index in [4.69, 9.17) is 0 Å². The molecule has 0 bridgehead atoms. The van der Waals surface area contributed by atoms with Crippen molar-refractivity contribution in [1.82, 2.24) is 0 Å². The molecule has 1 aliphatic rings. The standard InChI is InChI=1S/C19H19FN2O2/c1-12-7-8-13(2)16(9-12)21-19(24)14-10-18(23)22(11-14)17-6-4-3-5-15(17)20/h3-9,14H,10-11H2,1-2H3,(H,21,24). The molecule has 2 aromatic carbocycles. The highest BCUT2D eigenvalue weighted by atomic mass is 19.1. The first kappa shape index (κ1) is 16.2. The number of carbonyl (C=O) groups excluding carboxylic acids is 2. The van der Waals surface area contributed by atoms with E-state index in [9.17, 15) is 14.0 Å². The summed E-state index contributed by atoms with van der Waals surface area (Å²) < 4.78 is 13.9. The number of benzene rings is 2. The summed E-state index contributed by atoms with van der Waals surface area (Å²) in [5.74, 6) is -1.39. The van der Waals surface area contributed by atoms with Crippen LogP contribution in [0.4, 0.5) is 15.8 Å². The minimum absolute atomic E-state index is 0.0883. The van der Waals surface area contributed by atoms with Crippen molar-refractivity contribution in [3.63, 3.8) is 0 Å². The Labute approximate surface area is 140 Å². The molecule has 1 atom stereocenters. The molecule has 1 saturated heterocycles. The van der Waals surface area contributed by atoms with Gasteiger partial charge in [0, 0.05) is 18.7 Å². The van der Waals surface area contributed by atoms with Crippen LogP contribution in [0.15, 0.2) is 42.5 Å². The van der Waals surface area contributed by atoms with Crippen LogP contribution >= 0.6 is 0 Å². The van der Waals surface area contributed by atoms with E-state index in [-0.39, 0.29) is 30.5 Å². The Morgan fingerprint density at radius 1 is 1.21 bits per heavy atom. The van der Waals surface area contributed by atoms with E-state index in [0.29, 0.717) is 0 Å². The van der Waals surface area contributed by atoms with E-state index in [0.717, 1.165) is 16.8 Å². The third-order valence-electron chi connectivity index (χ3n) is 4.29. The van der Waals surface area contributed by atoms with E-state index < -0.39 is 11.7 Å². The van der Waals surface area contributed by atoms with Gasteiger partial charge < -0.3 is 10.2 Å². The van der Waals surface area contributed by atoms with Gasteiger partial charge in [0.2, 0.25) is 11.8 Å². The SMILES string of the molecule is Cc1ccc(C)c(NC(=O)C2CC(=O)N(c3ccccc3F)C2)c1. The highest BCUT2D eigenvalue weighted by Gasteiger charge is 2.36. The Balaban J connectivity index is 1.75. The van der Waals surface area contributed by atoms with E-state index in [1.807, 2.05) is 32.0 Å². The Bertz CT molecular complexity index is 804. The zero-order chi connectivity index (χ0) is 17.3. The van der Waals surface area contributed by atoms with E-state index in [2.05, 4.69) is 5.32 Å². The van der Waals surface area contributed by atoms with Crippen molar-refractivity contribution in [3.05, 3.63) is 59.4 Å². The van der Waals surface area contributed by atoms with Crippen LogP contribution in [-0.4, -0.2) is 18.4 Å². The predicted molar refractivity (Wildman–Crippen MR) is 91.4 cm³/mol. The molecule has 0 aromatic heterocycles. The molecule has 2 amide bonds. The van der Waals surface area contributed by atoms with E-state index >= 15 is 0 Å². The smallest absolute Gasteiger partial charge is 0.229 e. The van der Waals surface area contributed by atoms with Gasteiger partial charge >= 0.3 is 0 Å². The second kappa shape index (κ2) is 6.43. The van der Waals surface area contributed by atoms with Crippen LogP contribution in [0.2, 0.25) is 0 Å². The summed E-state index contributed by atoms with van der Waals surface area (Å²) in [5.41, 5.74) is 2.98. The molecule has 0 spiro atoms. The van der Waals surface area contributed by atoms with Gasteiger partial charge in [0.05, 0.1) is 11.6 Å². The maximum absolute atomic E-state index is 13.9. The largest absolute Gasteiger partial charge is 0.326 e. The van der Waals surface area contributed by atoms with Gasteiger partial charge in [-0.3, -0.25) is 9.59 Å². The summed E-state index contributed by atoms with van der Waals surface area (Å²) in [6, 6.07) is 11.9. The van der Waals surface area contributed by atoms with Crippen molar-refractivity contribution < 1.29 is 14.0 Å². The van der Waals surface area contributed by atoms with Gasteiger partial charge in [-0.25, -0.2) is 4.39 Å². The molecule has 5 heteroatoms. The van der Waals surface area contributed by atoms with Crippen LogP contribution in [0.3, 0.4) is 0 Å². The fourth-order valence-corrected chi connectivity index (χ4v) is 2.89. The maximum atomic E-state index is 13.9. The lowest BCUT2D eigenvalue weighted by Crippen LogP contribution is -2.28. The molecule has 2 aromatic rings. The number of hydrogen-bond acceptors (Lipinski definition) is 2. The van der Waals surface area contributed by atoms with Gasteiger partial charge in [-0.2, -0.15) is 0 Å². The second-order valence-corrected chi connectivity index (χ2v) is 6.16. The Morgan fingerprint density at radius 2 is 1.96 bits per heavy atom. The van der Waals surface area contributed by atoms with Gasteiger partial charge in [-0.1, -0.05) is 24.3 Å². The number of nitrogens with one attached hydrogen (secondary N) is 1. The summed E-state index contributed by atoms with van der Waals surface area (Å²) in [7, 11) is 0. The minimum Gasteiger partial charge on any atom is -0.326 e. The number of carbonyl (C=O) groups is 2. The lowest BCUT2D eigenvalue weighted by Gasteiger charge is -2.17. The second-order valence-electron chi connectivity index (χ2n) is 6.16. The van der Waals surface area contributed by atoms with Crippen LogP contribution < -0.4 is 10.2 Å². The average Bonchev–Trinajstić information content (AvgIpc) is 2.93. The molecule has 1 unspecified atom stereocenters. The summed E-state index contributed by atoms with van der Waals surface area (Å²) in [4.78, 5) is 26.0. The van der Waals surface area contributed by atoms with Crippen LogP contribution in [0.25, 0.3) is 0 Å². The van der Waals surface area contributed by atoms with Gasteiger partial charge in [0.1, 0.15) is 5.82 Å². The Hall–Kier alpha value is -2.69. The van der Waals surface area contributed by atoms with E-state index in [1.54, 1.807) is 18.2 Å². The molecule has 0 saturated carbocycles. The van der Waals surface area contributed by atoms with Gasteiger partial charge in [0.15, 0.2) is 0 Å². The van der Waals surface area contributed by atoms with E-state index in [1.165, 1.54) is 11.0 Å². The quantitative estimate of drug-likeness (QED) is 0.939. The van der Waals surface area contributed by atoms with Crippen LogP contribution in [-0.2, 0) is 9.59 Å². The summed E-state index contributed by atoms with van der Waals surface area (Å²) in [5, 5.41) is 2.89. The number of hydrogen-bond donors (Lipinski definition) is 1. The molecule has 1 N–H and O–H groups in total. The maximum Gasteiger partial charge on any atom is 0.229 e. The first-order chi connectivity index (χ1) is 11.5. The monoisotopic (exact) mass is 326 g/mol. The number of anilines is 2. The summed E-state index contributed by atoms with van der Waals surface area (Å²) in [6.07, 6.45) is 0.0883. The molecule has 124 valence electrons. The van der Waals surface area contributed by atoms with Crippen molar-refractivity contribution in [2.45, 2.75) is 20.3 Å². The van der Waals surface area contributed by atoms with Crippen molar-refractivity contribution in [3.8, 4) is 0 Å². The zero-order valence-electron chi connectivity index (χ0n) is 13.7. The van der Waals surface area contributed by atoms with Crippen LogP contribution in [0, 0.1) is 25.6 Å². The predicted octanol–water partition coefficient (Wildman–Crippen LogP) is 3.43. The molecule has 4 nitrogen and oxygen atoms in total. The van der Waals surface area contributed by atoms with Crippen molar-refractivity contribution >= 4 is 23.2 Å². The lowest BCUT2D eigenvalue weighted by atomic mass is 10.1. The molecule has 0 radical (unpaired) electrons. The van der Waals surface area contributed by atoms with Gasteiger partial charge in [-0.15, -0.1) is 0 Å². The first-order valence-electron chi connectivity index (χ1n) is 7.88.